The third-order valence-corrected chi connectivity index (χ3v) is 3.42. The van der Waals surface area contributed by atoms with Crippen molar-refractivity contribution in [3.63, 3.8) is 0 Å². The average molecular weight is 271 g/mol. The van der Waals surface area contributed by atoms with E-state index in [0.717, 1.165) is 6.42 Å². The van der Waals surface area contributed by atoms with E-state index in [9.17, 15) is 4.79 Å². The van der Waals surface area contributed by atoms with Gasteiger partial charge in [-0.1, -0.05) is 55.5 Å². The SMILES string of the molecule is C=CC(C(C)=O)C1NC1/C=C\C.CCc1ccccc1. The molecule has 1 N–H and O–H groups in total. The molecule has 0 bridgehead atoms. The van der Waals surface area contributed by atoms with E-state index < -0.39 is 0 Å². The number of benzene rings is 1. The molecule has 2 rings (SSSR count). The number of carbonyl (C=O) groups excluding carboxylic acids is 1. The molecule has 1 aromatic rings. The molecule has 0 radical (unpaired) electrons. The van der Waals surface area contributed by atoms with Crippen LogP contribution in [0.15, 0.2) is 55.1 Å². The minimum Gasteiger partial charge on any atom is -0.303 e. The van der Waals surface area contributed by atoms with Crippen molar-refractivity contribution >= 4 is 5.78 Å². The Bertz CT molecular complexity index is 450. The average Bonchev–Trinajstić information content (AvgIpc) is 3.20. The second-order valence-electron chi connectivity index (χ2n) is 4.96. The predicted molar refractivity (Wildman–Crippen MR) is 85.7 cm³/mol. The maximum Gasteiger partial charge on any atom is 0.138 e. The Balaban J connectivity index is 0.000000217. The fourth-order valence-corrected chi connectivity index (χ4v) is 2.16. The van der Waals surface area contributed by atoms with Crippen molar-refractivity contribution in [2.45, 2.75) is 39.3 Å². The lowest BCUT2D eigenvalue weighted by molar-refractivity contribution is -0.119. The van der Waals surface area contributed by atoms with Crippen LogP contribution < -0.4 is 5.32 Å². The first-order chi connectivity index (χ1) is 9.63. The van der Waals surface area contributed by atoms with Gasteiger partial charge in [-0.25, -0.2) is 0 Å². The molecule has 3 atom stereocenters. The lowest BCUT2D eigenvalue weighted by atomic mass is 9.99. The van der Waals surface area contributed by atoms with Gasteiger partial charge >= 0.3 is 0 Å². The molecule has 3 unspecified atom stereocenters. The minimum atomic E-state index is -0.0220. The van der Waals surface area contributed by atoms with E-state index in [1.807, 2.05) is 19.1 Å². The van der Waals surface area contributed by atoms with Gasteiger partial charge < -0.3 is 5.32 Å². The van der Waals surface area contributed by atoms with E-state index >= 15 is 0 Å². The molecule has 0 aliphatic carbocycles. The molecule has 0 spiro atoms. The number of allylic oxidation sites excluding steroid dienone is 1. The summed E-state index contributed by atoms with van der Waals surface area (Å²) in [5, 5.41) is 3.22. The minimum absolute atomic E-state index is 0.0220. The van der Waals surface area contributed by atoms with Crippen LogP contribution in [0.4, 0.5) is 0 Å². The standard InChI is InChI=1S/C10H15NO.C8H10/c1-4-6-9-10(11-9)8(5-2)7(3)12;1-2-8-6-4-3-5-7-8/h4-6,8-11H,2H2,1,3H3;3-7H,2H2,1H3/b6-4-;. The fourth-order valence-electron chi connectivity index (χ4n) is 2.16. The molecule has 2 heteroatoms. The van der Waals surface area contributed by atoms with Crippen LogP contribution in [0.1, 0.15) is 26.3 Å². The van der Waals surface area contributed by atoms with E-state index in [1.54, 1.807) is 13.0 Å². The maximum absolute atomic E-state index is 11.1. The van der Waals surface area contributed by atoms with Gasteiger partial charge in [0.2, 0.25) is 0 Å². The lowest BCUT2D eigenvalue weighted by Crippen LogP contribution is -2.17. The zero-order chi connectivity index (χ0) is 15.0. The zero-order valence-electron chi connectivity index (χ0n) is 12.7. The summed E-state index contributed by atoms with van der Waals surface area (Å²) in [5.74, 6) is 0.167. The van der Waals surface area contributed by atoms with Crippen molar-refractivity contribution in [2.75, 3.05) is 0 Å². The van der Waals surface area contributed by atoms with Crippen molar-refractivity contribution in [1.29, 1.82) is 0 Å². The Morgan fingerprint density at radius 3 is 2.45 bits per heavy atom. The van der Waals surface area contributed by atoms with Gasteiger partial charge in [-0.05, 0) is 25.8 Å². The quantitative estimate of drug-likeness (QED) is 0.657. The van der Waals surface area contributed by atoms with Crippen LogP contribution in [-0.2, 0) is 11.2 Å². The van der Waals surface area contributed by atoms with Gasteiger partial charge in [0.25, 0.3) is 0 Å². The largest absolute Gasteiger partial charge is 0.303 e. The molecule has 0 amide bonds. The first-order valence-corrected chi connectivity index (χ1v) is 7.19. The van der Waals surface area contributed by atoms with Crippen molar-refractivity contribution < 1.29 is 4.79 Å². The fraction of sp³-hybridized carbons (Fsp3) is 0.389. The van der Waals surface area contributed by atoms with Crippen LogP contribution in [-0.4, -0.2) is 17.9 Å². The summed E-state index contributed by atoms with van der Waals surface area (Å²) in [5.41, 5.74) is 1.41. The maximum atomic E-state index is 11.1. The van der Waals surface area contributed by atoms with Gasteiger partial charge in [-0.2, -0.15) is 0 Å². The Morgan fingerprint density at radius 1 is 1.40 bits per heavy atom. The molecule has 1 aliphatic heterocycles. The summed E-state index contributed by atoms with van der Waals surface area (Å²) in [7, 11) is 0. The molecule has 1 aromatic carbocycles. The second-order valence-corrected chi connectivity index (χ2v) is 4.96. The lowest BCUT2D eigenvalue weighted by Gasteiger charge is -2.03. The van der Waals surface area contributed by atoms with Crippen LogP contribution in [0.25, 0.3) is 0 Å². The van der Waals surface area contributed by atoms with Crippen molar-refractivity contribution in [2.24, 2.45) is 5.92 Å². The van der Waals surface area contributed by atoms with Crippen molar-refractivity contribution in [3.05, 3.63) is 60.7 Å². The van der Waals surface area contributed by atoms with Gasteiger partial charge in [0.1, 0.15) is 5.78 Å². The third-order valence-electron chi connectivity index (χ3n) is 3.42. The molecule has 108 valence electrons. The molecular weight excluding hydrogens is 246 g/mol. The van der Waals surface area contributed by atoms with Crippen molar-refractivity contribution in [1.82, 2.24) is 5.32 Å². The number of Topliss-reactive ketones (excluding diaryl/α,β-unsaturated/α-hetero) is 1. The Hall–Kier alpha value is -1.67. The highest BCUT2D eigenvalue weighted by atomic mass is 16.1. The molecular formula is C18H25NO. The molecule has 1 aliphatic rings. The summed E-state index contributed by atoms with van der Waals surface area (Å²) in [6, 6.07) is 11.1. The van der Waals surface area contributed by atoms with E-state index in [1.165, 1.54) is 5.56 Å². The molecule has 1 saturated heterocycles. The monoisotopic (exact) mass is 271 g/mol. The van der Waals surface area contributed by atoms with E-state index in [2.05, 4.69) is 49.2 Å². The summed E-state index contributed by atoms with van der Waals surface area (Å²) in [6.07, 6.45) is 6.94. The first-order valence-electron chi connectivity index (χ1n) is 7.19. The van der Waals surface area contributed by atoms with Crippen LogP contribution in [0.5, 0.6) is 0 Å². The number of ketones is 1. The van der Waals surface area contributed by atoms with Crippen molar-refractivity contribution in [3.8, 4) is 0 Å². The number of carbonyl (C=O) groups is 1. The van der Waals surface area contributed by atoms with E-state index in [4.69, 9.17) is 0 Å². The number of aryl methyl sites for hydroxylation is 1. The van der Waals surface area contributed by atoms with E-state index in [-0.39, 0.29) is 17.7 Å². The molecule has 0 aromatic heterocycles. The van der Waals surface area contributed by atoms with Gasteiger partial charge in [0, 0.05) is 12.1 Å². The molecule has 1 heterocycles. The summed E-state index contributed by atoms with van der Waals surface area (Å²) < 4.78 is 0. The Labute approximate surface area is 122 Å². The van der Waals surface area contributed by atoms with Crippen LogP contribution in [0, 0.1) is 5.92 Å². The topological polar surface area (TPSA) is 39.0 Å². The van der Waals surface area contributed by atoms with Crippen LogP contribution >= 0.6 is 0 Å². The first kappa shape index (κ1) is 16.4. The number of hydrogen-bond donors (Lipinski definition) is 1. The molecule has 1 fully saturated rings. The normalized spacial score (nSPS) is 21.8. The van der Waals surface area contributed by atoms with E-state index in [0.29, 0.717) is 6.04 Å². The zero-order valence-corrected chi connectivity index (χ0v) is 12.7. The number of nitrogens with one attached hydrogen (secondary N) is 1. The van der Waals surface area contributed by atoms with Gasteiger partial charge in [-0.15, -0.1) is 6.58 Å². The smallest absolute Gasteiger partial charge is 0.138 e. The Kier molecular flexibility index (Phi) is 6.96. The second kappa shape index (κ2) is 8.49. The summed E-state index contributed by atoms with van der Waals surface area (Å²) >= 11 is 0. The number of hydrogen-bond acceptors (Lipinski definition) is 2. The van der Waals surface area contributed by atoms with Crippen LogP contribution in [0.3, 0.4) is 0 Å². The summed E-state index contributed by atoms with van der Waals surface area (Å²) in [4.78, 5) is 11.1. The van der Waals surface area contributed by atoms with Crippen LogP contribution in [0.2, 0.25) is 0 Å². The third kappa shape index (κ3) is 5.14. The van der Waals surface area contributed by atoms with Gasteiger partial charge in [0.05, 0.1) is 5.92 Å². The molecule has 20 heavy (non-hydrogen) atoms. The molecule has 0 saturated carbocycles. The summed E-state index contributed by atoms with van der Waals surface area (Å²) in [6.45, 7) is 9.41. The Morgan fingerprint density at radius 2 is 2.05 bits per heavy atom. The highest BCUT2D eigenvalue weighted by molar-refractivity contribution is 5.81. The number of rotatable bonds is 5. The molecule has 2 nitrogen and oxygen atoms in total. The van der Waals surface area contributed by atoms with Gasteiger partial charge in [-0.3, -0.25) is 4.79 Å². The van der Waals surface area contributed by atoms with Gasteiger partial charge in [0.15, 0.2) is 0 Å². The predicted octanol–water partition coefficient (Wildman–Crippen LogP) is 3.54. The highest BCUT2D eigenvalue weighted by Gasteiger charge is 2.40. The highest BCUT2D eigenvalue weighted by Crippen LogP contribution is 2.23.